The van der Waals surface area contributed by atoms with Crippen LogP contribution in [0.25, 0.3) is 10.9 Å². The van der Waals surface area contributed by atoms with Gasteiger partial charge in [-0.3, -0.25) is 0 Å². The van der Waals surface area contributed by atoms with Crippen LogP contribution in [-0.2, 0) is 0 Å². The molecular weight excluding hydrogens is 361 g/mol. The number of rotatable bonds is 3. The maximum absolute atomic E-state index is 11.4. The molecule has 0 unspecified atom stereocenters. The first kappa shape index (κ1) is 13.2. The molecule has 3 rings (SSSR count). The van der Waals surface area contributed by atoms with Crippen molar-refractivity contribution < 1.29 is 26.0 Å². The Morgan fingerprint density at radius 1 is 1.00 bits per heavy atom. The molecule has 0 aliphatic carbocycles. The number of carbonyl (C=O) groups excluding carboxylic acids is 1. The van der Waals surface area contributed by atoms with E-state index in [-0.39, 0.29) is 27.0 Å². The molecule has 2 aromatic carbocycles. The molecule has 0 aliphatic heterocycles. The minimum atomic E-state index is -0.185. The zero-order chi connectivity index (χ0) is 13.9. The van der Waals surface area contributed by atoms with Crippen molar-refractivity contribution in [3.63, 3.8) is 0 Å². The molecule has 1 aromatic heterocycles. The summed E-state index contributed by atoms with van der Waals surface area (Å²) in [5.74, 6) is 0.0579. The fourth-order valence-electron chi connectivity index (χ4n) is 1.96. The van der Waals surface area contributed by atoms with E-state index in [1.807, 2.05) is 18.2 Å². The molecule has 0 fully saturated rings. The van der Waals surface area contributed by atoms with Crippen molar-refractivity contribution in [1.29, 1.82) is 0 Å². The van der Waals surface area contributed by atoms with Crippen LogP contribution in [0, 0.1) is 7.14 Å². The number of pyridine rings is 1. The Morgan fingerprint density at radius 3 is 2.55 bits per heavy atom. The van der Waals surface area contributed by atoms with Crippen molar-refractivity contribution in [3.8, 4) is 0 Å². The third kappa shape index (κ3) is 2.88. The van der Waals surface area contributed by atoms with Gasteiger partial charge in [-0.25, -0.2) is 0 Å². The monoisotopic (exact) mass is 374 g/mol. The number of ketones is 1. The average Bonchev–Trinajstić information content (AvgIpc) is 2.47. The maximum atomic E-state index is 11.4. The quantitative estimate of drug-likeness (QED) is 0.496. The molecule has 3 aromatic rings. The Bertz CT molecular complexity index is 768. The van der Waals surface area contributed by atoms with E-state index in [1.165, 1.54) is 7.14 Å². The molecular formula is C17H13INO-. The number of benzene rings is 2. The van der Waals surface area contributed by atoms with Crippen LogP contribution in [0.15, 0.2) is 60.8 Å². The van der Waals surface area contributed by atoms with E-state index in [2.05, 4.69) is 41.4 Å². The Balaban J connectivity index is 1.99. The van der Waals surface area contributed by atoms with E-state index < -0.39 is 0 Å². The van der Waals surface area contributed by atoms with E-state index in [0.29, 0.717) is 5.56 Å². The molecule has 0 saturated carbocycles. The SMILES string of the molecule is CC(=O)c1cnc2ccc([I-]c3ccccc3)cc2c1. The molecule has 0 atom stereocenters. The molecule has 100 valence electrons. The Kier molecular flexibility index (Phi) is 3.78. The summed E-state index contributed by atoms with van der Waals surface area (Å²) >= 11 is -0.185. The van der Waals surface area contributed by atoms with E-state index in [4.69, 9.17) is 0 Å². The first-order valence-corrected chi connectivity index (χ1v) is 8.49. The molecule has 2 nitrogen and oxygen atoms in total. The molecule has 0 aliphatic rings. The van der Waals surface area contributed by atoms with E-state index >= 15 is 0 Å². The van der Waals surface area contributed by atoms with Gasteiger partial charge in [-0.2, -0.15) is 0 Å². The average molecular weight is 374 g/mol. The van der Waals surface area contributed by atoms with Crippen LogP contribution in [0.2, 0.25) is 0 Å². The molecule has 1 heterocycles. The summed E-state index contributed by atoms with van der Waals surface area (Å²) in [6.45, 7) is 1.57. The van der Waals surface area contributed by atoms with Crippen molar-refractivity contribution in [1.82, 2.24) is 4.98 Å². The van der Waals surface area contributed by atoms with Gasteiger partial charge in [-0.05, 0) is 0 Å². The van der Waals surface area contributed by atoms with Gasteiger partial charge >= 0.3 is 128 Å². The predicted octanol–water partition coefficient (Wildman–Crippen LogP) is 0.566. The summed E-state index contributed by atoms with van der Waals surface area (Å²) < 4.78 is 2.73. The first-order chi connectivity index (χ1) is 9.72. The second-order valence-electron chi connectivity index (χ2n) is 4.51. The number of Topliss-reactive ketones (excluding diaryl/α,β-unsaturated/α-hetero) is 1. The molecule has 0 spiro atoms. The summed E-state index contributed by atoms with van der Waals surface area (Å²) in [6, 6.07) is 18.8. The van der Waals surface area contributed by atoms with Crippen LogP contribution < -0.4 is 21.2 Å². The third-order valence-electron chi connectivity index (χ3n) is 3.00. The van der Waals surface area contributed by atoms with E-state index in [1.54, 1.807) is 13.1 Å². The normalized spacial score (nSPS) is 10.8. The van der Waals surface area contributed by atoms with Gasteiger partial charge < -0.3 is 0 Å². The zero-order valence-corrected chi connectivity index (χ0v) is 13.2. The number of fused-ring (bicyclic) bond motifs is 1. The summed E-state index contributed by atoms with van der Waals surface area (Å²) in [4.78, 5) is 15.8. The topological polar surface area (TPSA) is 30.0 Å². The third-order valence-corrected chi connectivity index (χ3v) is 5.64. The Morgan fingerprint density at radius 2 is 1.80 bits per heavy atom. The Labute approximate surface area is 128 Å². The van der Waals surface area contributed by atoms with Crippen molar-refractivity contribution in [2.45, 2.75) is 6.92 Å². The summed E-state index contributed by atoms with van der Waals surface area (Å²) in [5.41, 5.74) is 1.61. The second kappa shape index (κ2) is 5.71. The standard InChI is InChI=1S/C17H13INO/c1-12(20)14-9-13-10-16(7-8-17(13)19-11-14)18-15-5-3-2-4-6-15/h2-11H,1H3/q-1. The number of halogens is 1. The van der Waals surface area contributed by atoms with Crippen LogP contribution >= 0.6 is 0 Å². The van der Waals surface area contributed by atoms with E-state index in [9.17, 15) is 4.79 Å². The van der Waals surface area contributed by atoms with Gasteiger partial charge in [0, 0.05) is 0 Å². The fourth-order valence-corrected chi connectivity index (χ4v) is 4.30. The van der Waals surface area contributed by atoms with Gasteiger partial charge in [-0.1, -0.05) is 0 Å². The first-order valence-electron chi connectivity index (χ1n) is 6.33. The molecule has 0 radical (unpaired) electrons. The van der Waals surface area contributed by atoms with Crippen molar-refractivity contribution >= 4 is 16.7 Å². The molecule has 0 saturated heterocycles. The number of nitrogens with zero attached hydrogens (tertiary/aromatic N) is 1. The number of carbonyl (C=O) groups is 1. The van der Waals surface area contributed by atoms with Crippen LogP contribution in [0.4, 0.5) is 0 Å². The molecule has 0 amide bonds. The number of hydrogen-bond acceptors (Lipinski definition) is 2. The van der Waals surface area contributed by atoms with Gasteiger partial charge in [0.1, 0.15) is 0 Å². The van der Waals surface area contributed by atoms with Gasteiger partial charge in [-0.15, -0.1) is 0 Å². The van der Waals surface area contributed by atoms with Gasteiger partial charge in [0.05, 0.1) is 0 Å². The molecule has 0 bridgehead atoms. The Hall–Kier alpha value is -1.75. The molecule has 0 N–H and O–H groups in total. The number of hydrogen-bond donors (Lipinski definition) is 0. The van der Waals surface area contributed by atoms with Gasteiger partial charge in [0.25, 0.3) is 0 Å². The second-order valence-corrected chi connectivity index (χ2v) is 7.54. The fraction of sp³-hybridized carbons (Fsp3) is 0.0588. The van der Waals surface area contributed by atoms with Crippen LogP contribution in [0.3, 0.4) is 0 Å². The van der Waals surface area contributed by atoms with Gasteiger partial charge in [0.2, 0.25) is 0 Å². The van der Waals surface area contributed by atoms with Crippen LogP contribution in [0.5, 0.6) is 0 Å². The number of aromatic nitrogens is 1. The minimum absolute atomic E-state index is 0.0579. The molecule has 3 heteroatoms. The van der Waals surface area contributed by atoms with Crippen LogP contribution in [-0.4, -0.2) is 10.8 Å². The van der Waals surface area contributed by atoms with E-state index in [0.717, 1.165) is 10.9 Å². The van der Waals surface area contributed by atoms with Gasteiger partial charge in [0.15, 0.2) is 0 Å². The van der Waals surface area contributed by atoms with Crippen molar-refractivity contribution in [3.05, 3.63) is 73.5 Å². The summed E-state index contributed by atoms with van der Waals surface area (Å²) in [7, 11) is 0. The van der Waals surface area contributed by atoms with Crippen molar-refractivity contribution in [2.75, 3.05) is 0 Å². The summed E-state index contributed by atoms with van der Waals surface area (Å²) in [5, 5.41) is 1.05. The summed E-state index contributed by atoms with van der Waals surface area (Å²) in [6.07, 6.45) is 1.65. The molecule has 20 heavy (non-hydrogen) atoms. The predicted molar refractivity (Wildman–Crippen MR) is 75.6 cm³/mol. The zero-order valence-electron chi connectivity index (χ0n) is 11.0. The van der Waals surface area contributed by atoms with Crippen molar-refractivity contribution in [2.24, 2.45) is 0 Å². The van der Waals surface area contributed by atoms with Crippen LogP contribution in [0.1, 0.15) is 17.3 Å².